The van der Waals surface area contributed by atoms with Crippen LogP contribution >= 0.6 is 0 Å². The molecule has 1 fully saturated rings. The van der Waals surface area contributed by atoms with E-state index in [1.165, 1.54) is 24.0 Å². The average Bonchev–Trinajstić information content (AvgIpc) is 2.34. The lowest BCUT2D eigenvalue weighted by Crippen LogP contribution is -2.63. The number of aryl methyl sites for hydroxylation is 2. The van der Waals surface area contributed by atoms with Gasteiger partial charge in [-0.05, 0) is 57.0 Å². The standard InChI is InChI=1S/C17H27NO/c1-6-17(7-2)15(18-5)11-16(17)19-14-9-12(3)8-13(4)10-14/h8-10,15-16,18H,6-7,11H2,1-5H3. The van der Waals surface area contributed by atoms with Gasteiger partial charge < -0.3 is 10.1 Å². The number of hydrogen-bond acceptors (Lipinski definition) is 2. The van der Waals surface area contributed by atoms with Gasteiger partial charge in [-0.3, -0.25) is 0 Å². The van der Waals surface area contributed by atoms with E-state index in [2.05, 4.69) is 58.3 Å². The Balaban J connectivity index is 2.15. The lowest BCUT2D eigenvalue weighted by molar-refractivity contribution is -0.0836. The molecule has 1 aromatic rings. The fraction of sp³-hybridized carbons (Fsp3) is 0.647. The lowest BCUT2D eigenvalue weighted by Gasteiger charge is -2.55. The summed E-state index contributed by atoms with van der Waals surface area (Å²) in [5, 5.41) is 3.45. The van der Waals surface area contributed by atoms with Gasteiger partial charge in [-0.25, -0.2) is 0 Å². The van der Waals surface area contributed by atoms with Gasteiger partial charge in [0, 0.05) is 17.9 Å². The average molecular weight is 261 g/mol. The van der Waals surface area contributed by atoms with E-state index >= 15 is 0 Å². The number of benzene rings is 1. The molecule has 2 nitrogen and oxygen atoms in total. The summed E-state index contributed by atoms with van der Waals surface area (Å²) in [7, 11) is 2.07. The molecule has 1 aliphatic carbocycles. The van der Waals surface area contributed by atoms with E-state index < -0.39 is 0 Å². The van der Waals surface area contributed by atoms with Crippen LogP contribution in [0.1, 0.15) is 44.2 Å². The maximum absolute atomic E-state index is 6.30. The van der Waals surface area contributed by atoms with Crippen LogP contribution in [-0.4, -0.2) is 19.2 Å². The zero-order valence-electron chi connectivity index (χ0n) is 12.9. The monoisotopic (exact) mass is 261 g/mol. The highest BCUT2D eigenvalue weighted by Crippen LogP contribution is 2.48. The highest BCUT2D eigenvalue weighted by molar-refractivity contribution is 5.33. The van der Waals surface area contributed by atoms with Crippen molar-refractivity contribution in [3.8, 4) is 5.75 Å². The first-order valence-corrected chi connectivity index (χ1v) is 7.48. The van der Waals surface area contributed by atoms with E-state index in [1.54, 1.807) is 0 Å². The van der Waals surface area contributed by atoms with Gasteiger partial charge in [0.25, 0.3) is 0 Å². The summed E-state index contributed by atoms with van der Waals surface area (Å²) in [6.45, 7) is 8.82. The molecule has 0 radical (unpaired) electrons. The largest absolute Gasteiger partial charge is 0.490 e. The molecule has 2 heteroatoms. The molecule has 1 saturated carbocycles. The maximum atomic E-state index is 6.30. The van der Waals surface area contributed by atoms with E-state index in [9.17, 15) is 0 Å². The van der Waals surface area contributed by atoms with E-state index in [4.69, 9.17) is 4.74 Å². The molecule has 2 atom stereocenters. The topological polar surface area (TPSA) is 21.3 Å². The smallest absolute Gasteiger partial charge is 0.120 e. The lowest BCUT2D eigenvalue weighted by atomic mass is 9.58. The van der Waals surface area contributed by atoms with Gasteiger partial charge >= 0.3 is 0 Å². The third kappa shape index (κ3) is 2.51. The van der Waals surface area contributed by atoms with Crippen molar-refractivity contribution < 1.29 is 4.74 Å². The van der Waals surface area contributed by atoms with Crippen molar-refractivity contribution in [2.45, 2.75) is 59.1 Å². The molecule has 0 amide bonds. The van der Waals surface area contributed by atoms with E-state index in [1.807, 2.05) is 0 Å². The van der Waals surface area contributed by atoms with Crippen molar-refractivity contribution in [3.63, 3.8) is 0 Å². The van der Waals surface area contributed by atoms with Gasteiger partial charge in [0.05, 0.1) is 0 Å². The van der Waals surface area contributed by atoms with Gasteiger partial charge in [-0.1, -0.05) is 19.9 Å². The molecule has 1 aromatic carbocycles. The highest BCUT2D eigenvalue weighted by Gasteiger charge is 2.53. The second kappa shape index (κ2) is 5.54. The van der Waals surface area contributed by atoms with Crippen LogP contribution in [0.25, 0.3) is 0 Å². The Labute approximate surface area is 117 Å². The van der Waals surface area contributed by atoms with Crippen LogP contribution in [0.3, 0.4) is 0 Å². The quantitative estimate of drug-likeness (QED) is 0.869. The number of ether oxygens (including phenoxy) is 1. The van der Waals surface area contributed by atoms with Crippen LogP contribution in [0.15, 0.2) is 18.2 Å². The van der Waals surface area contributed by atoms with Gasteiger partial charge in [0.2, 0.25) is 0 Å². The zero-order chi connectivity index (χ0) is 14.0. The van der Waals surface area contributed by atoms with E-state index in [-0.39, 0.29) is 0 Å². The SMILES string of the molecule is CCC1(CC)C(NC)CC1Oc1cc(C)cc(C)c1. The number of hydrogen-bond donors (Lipinski definition) is 1. The Kier molecular flexibility index (Phi) is 4.19. The third-order valence-corrected chi connectivity index (χ3v) is 4.92. The predicted octanol–water partition coefficient (Wildman–Crippen LogP) is 3.85. The van der Waals surface area contributed by atoms with Crippen molar-refractivity contribution in [2.75, 3.05) is 7.05 Å². The summed E-state index contributed by atoms with van der Waals surface area (Å²) in [6.07, 6.45) is 3.81. The molecule has 2 rings (SSSR count). The zero-order valence-corrected chi connectivity index (χ0v) is 12.9. The summed E-state index contributed by atoms with van der Waals surface area (Å²) in [6, 6.07) is 7.08. The first-order chi connectivity index (χ1) is 9.05. The van der Waals surface area contributed by atoms with Crippen molar-refractivity contribution in [3.05, 3.63) is 29.3 Å². The van der Waals surface area contributed by atoms with Crippen LogP contribution in [0.2, 0.25) is 0 Å². The Bertz CT molecular complexity index is 417. The molecule has 0 aromatic heterocycles. The highest BCUT2D eigenvalue weighted by atomic mass is 16.5. The predicted molar refractivity (Wildman–Crippen MR) is 80.8 cm³/mol. The minimum Gasteiger partial charge on any atom is -0.490 e. The first kappa shape index (κ1) is 14.4. The summed E-state index contributed by atoms with van der Waals surface area (Å²) in [5.74, 6) is 1.03. The Morgan fingerprint density at radius 2 is 1.74 bits per heavy atom. The second-order valence-corrected chi connectivity index (χ2v) is 5.95. The van der Waals surface area contributed by atoms with Crippen LogP contribution in [0, 0.1) is 19.3 Å². The summed E-state index contributed by atoms with van der Waals surface area (Å²) in [5.41, 5.74) is 2.85. The summed E-state index contributed by atoms with van der Waals surface area (Å²) in [4.78, 5) is 0. The van der Waals surface area contributed by atoms with E-state index in [0.29, 0.717) is 17.6 Å². The van der Waals surface area contributed by atoms with Gasteiger partial charge in [-0.15, -0.1) is 0 Å². The number of rotatable bonds is 5. The molecule has 2 unspecified atom stereocenters. The molecule has 19 heavy (non-hydrogen) atoms. The fourth-order valence-corrected chi connectivity index (χ4v) is 3.68. The summed E-state index contributed by atoms with van der Waals surface area (Å²) >= 11 is 0. The van der Waals surface area contributed by atoms with Gasteiger partial charge in [-0.2, -0.15) is 0 Å². The van der Waals surface area contributed by atoms with Crippen molar-refractivity contribution in [1.82, 2.24) is 5.32 Å². The molecule has 0 spiro atoms. The van der Waals surface area contributed by atoms with Crippen LogP contribution in [0.4, 0.5) is 0 Å². The van der Waals surface area contributed by atoms with Gasteiger partial charge in [0.15, 0.2) is 0 Å². The van der Waals surface area contributed by atoms with Crippen molar-refractivity contribution in [1.29, 1.82) is 0 Å². The maximum Gasteiger partial charge on any atom is 0.120 e. The Hall–Kier alpha value is -1.02. The van der Waals surface area contributed by atoms with Crippen molar-refractivity contribution >= 4 is 0 Å². The first-order valence-electron chi connectivity index (χ1n) is 7.48. The third-order valence-electron chi connectivity index (χ3n) is 4.92. The van der Waals surface area contributed by atoms with Crippen LogP contribution in [-0.2, 0) is 0 Å². The molecule has 0 saturated heterocycles. The molecule has 1 aliphatic rings. The fourth-order valence-electron chi connectivity index (χ4n) is 3.68. The van der Waals surface area contributed by atoms with Crippen LogP contribution in [0.5, 0.6) is 5.75 Å². The van der Waals surface area contributed by atoms with Crippen LogP contribution < -0.4 is 10.1 Å². The molecule has 0 bridgehead atoms. The normalized spacial score (nSPS) is 24.9. The molecule has 106 valence electrons. The van der Waals surface area contributed by atoms with Crippen molar-refractivity contribution in [2.24, 2.45) is 5.41 Å². The summed E-state index contributed by atoms with van der Waals surface area (Å²) < 4.78 is 6.30. The Morgan fingerprint density at radius 1 is 1.16 bits per heavy atom. The Morgan fingerprint density at radius 3 is 2.21 bits per heavy atom. The van der Waals surface area contributed by atoms with E-state index in [0.717, 1.165) is 12.2 Å². The molecule has 0 heterocycles. The minimum absolute atomic E-state index is 0.298. The van der Waals surface area contributed by atoms with Gasteiger partial charge in [0.1, 0.15) is 11.9 Å². The second-order valence-electron chi connectivity index (χ2n) is 5.95. The number of nitrogens with one attached hydrogen (secondary N) is 1. The molecule has 1 N–H and O–H groups in total. The minimum atomic E-state index is 0.298. The molecular weight excluding hydrogens is 234 g/mol. The molecule has 0 aliphatic heterocycles. The molecular formula is C17H27NO.